The van der Waals surface area contributed by atoms with Crippen molar-refractivity contribution in [1.29, 1.82) is 0 Å². The number of rotatable bonds is 6. The summed E-state index contributed by atoms with van der Waals surface area (Å²) >= 11 is 6.47. The Balaban J connectivity index is 1.30. The number of aryl methyl sites for hydroxylation is 1. The van der Waals surface area contributed by atoms with Gasteiger partial charge in [0, 0.05) is 63.7 Å². The summed E-state index contributed by atoms with van der Waals surface area (Å²) in [5.41, 5.74) is 0.829. The Hall–Kier alpha value is -4.43. The number of hydrogen-bond acceptors (Lipinski definition) is 7. The Morgan fingerprint density at radius 3 is 2.63 bits per heavy atom. The van der Waals surface area contributed by atoms with E-state index in [1.807, 2.05) is 0 Å². The van der Waals surface area contributed by atoms with Crippen LogP contribution in [-0.4, -0.2) is 70.9 Å². The number of nitrogens with one attached hydrogen (secondary N) is 2. The first kappa shape index (κ1) is 26.8. The number of piperazine rings is 1. The van der Waals surface area contributed by atoms with Gasteiger partial charge in [-0.05, 0) is 24.3 Å². The van der Waals surface area contributed by atoms with E-state index in [0.29, 0.717) is 41.5 Å². The highest BCUT2D eigenvalue weighted by Crippen LogP contribution is 2.37. The smallest absolute Gasteiger partial charge is 0.337 e. The summed E-state index contributed by atoms with van der Waals surface area (Å²) in [6.45, 7) is 2.71. The first-order valence-corrected chi connectivity index (χ1v) is 13.1. The Bertz CT molecular complexity index is 1740. The number of benzene rings is 1. The van der Waals surface area contributed by atoms with Crippen molar-refractivity contribution in [1.82, 2.24) is 44.1 Å². The molecule has 1 saturated heterocycles. The number of fused-ring (bicyclic) bond motifs is 1. The van der Waals surface area contributed by atoms with Crippen molar-refractivity contribution >= 4 is 34.7 Å². The fourth-order valence-corrected chi connectivity index (χ4v) is 5.02. The van der Waals surface area contributed by atoms with E-state index in [-0.39, 0.29) is 28.7 Å². The number of nitrogens with zero attached hydrogens (tertiary/aromatic N) is 8. The van der Waals surface area contributed by atoms with Gasteiger partial charge in [0.05, 0.1) is 40.3 Å². The number of carbonyl (C=O) groups is 1. The van der Waals surface area contributed by atoms with Gasteiger partial charge in [-0.25, -0.2) is 9.97 Å². The molecule has 1 aliphatic heterocycles. The number of anilines is 2. The standard InChI is InChI=1S/C26H24ClF3N10O/c1-37-8-4-17(35-37)14-39-15-19(22(36-39)26(28,29)30)21-13-33-24-23(32-7-11-40(21)24)34-16-2-3-18(20(27)12-16)25(41)38-9-5-31-6-10-38/h2-4,7-8,11-13,15,31H,5-6,9-10,14H2,1H3,(H,32,34). The van der Waals surface area contributed by atoms with Crippen LogP contribution >= 0.6 is 11.6 Å². The summed E-state index contributed by atoms with van der Waals surface area (Å²) in [5, 5.41) is 14.6. The van der Waals surface area contributed by atoms with Crippen molar-refractivity contribution < 1.29 is 18.0 Å². The lowest BCUT2D eigenvalue weighted by Gasteiger charge is -2.27. The minimum Gasteiger partial charge on any atom is -0.337 e. The molecule has 15 heteroatoms. The molecule has 11 nitrogen and oxygen atoms in total. The topological polar surface area (TPSA) is 110 Å². The molecule has 0 saturated carbocycles. The van der Waals surface area contributed by atoms with Gasteiger partial charge in [0.25, 0.3) is 5.91 Å². The highest BCUT2D eigenvalue weighted by molar-refractivity contribution is 6.34. The lowest BCUT2D eigenvalue weighted by molar-refractivity contribution is -0.141. The molecule has 0 radical (unpaired) electrons. The lowest BCUT2D eigenvalue weighted by Crippen LogP contribution is -2.46. The predicted molar refractivity (Wildman–Crippen MR) is 145 cm³/mol. The summed E-state index contributed by atoms with van der Waals surface area (Å²) in [7, 11) is 1.73. The molecule has 1 aromatic carbocycles. The Kier molecular flexibility index (Phi) is 6.87. The van der Waals surface area contributed by atoms with Crippen LogP contribution in [0.1, 0.15) is 21.7 Å². The average molecular weight is 585 g/mol. The van der Waals surface area contributed by atoms with Gasteiger partial charge in [0.1, 0.15) is 0 Å². The Labute approximate surface area is 236 Å². The average Bonchev–Trinajstić information content (AvgIpc) is 3.67. The van der Waals surface area contributed by atoms with E-state index in [1.54, 1.807) is 47.1 Å². The molecule has 2 N–H and O–H groups in total. The molecule has 4 aromatic heterocycles. The third kappa shape index (κ3) is 5.35. The maximum Gasteiger partial charge on any atom is 0.435 e. The Morgan fingerprint density at radius 1 is 1.12 bits per heavy atom. The van der Waals surface area contributed by atoms with Crippen LogP contribution in [0, 0.1) is 0 Å². The van der Waals surface area contributed by atoms with Gasteiger partial charge in [-0.2, -0.15) is 23.4 Å². The second-order valence-corrected chi connectivity index (χ2v) is 9.95. The van der Waals surface area contributed by atoms with Crippen molar-refractivity contribution in [2.24, 2.45) is 7.05 Å². The molecule has 1 aliphatic rings. The third-order valence-corrected chi connectivity index (χ3v) is 7.01. The number of amides is 1. The van der Waals surface area contributed by atoms with Crippen molar-refractivity contribution in [2.75, 3.05) is 31.5 Å². The minimum atomic E-state index is -4.69. The van der Waals surface area contributed by atoms with Gasteiger partial charge in [0.2, 0.25) is 0 Å². The maximum absolute atomic E-state index is 14.0. The third-order valence-electron chi connectivity index (χ3n) is 6.69. The van der Waals surface area contributed by atoms with Crippen LogP contribution in [-0.2, 0) is 19.8 Å². The lowest BCUT2D eigenvalue weighted by atomic mass is 10.1. The summed E-state index contributed by atoms with van der Waals surface area (Å²) in [4.78, 5) is 23.3. The number of alkyl halides is 3. The van der Waals surface area contributed by atoms with Crippen molar-refractivity contribution in [3.05, 3.63) is 77.2 Å². The minimum absolute atomic E-state index is 0.0723. The van der Waals surface area contributed by atoms with E-state index in [1.165, 1.54) is 33.9 Å². The van der Waals surface area contributed by atoms with E-state index in [9.17, 15) is 18.0 Å². The van der Waals surface area contributed by atoms with Crippen LogP contribution < -0.4 is 10.6 Å². The van der Waals surface area contributed by atoms with Crippen LogP contribution in [0.5, 0.6) is 0 Å². The first-order chi connectivity index (χ1) is 19.7. The van der Waals surface area contributed by atoms with Crippen molar-refractivity contribution in [3.63, 3.8) is 0 Å². The molecule has 0 atom stereocenters. The molecule has 1 amide bonds. The number of aromatic nitrogens is 7. The number of carbonyl (C=O) groups excluding carboxylic acids is 1. The highest BCUT2D eigenvalue weighted by Gasteiger charge is 2.38. The zero-order valence-electron chi connectivity index (χ0n) is 21.7. The van der Waals surface area contributed by atoms with Crippen molar-refractivity contribution in [3.8, 4) is 11.3 Å². The summed E-state index contributed by atoms with van der Waals surface area (Å²) in [6.07, 6.45) is 2.69. The zero-order chi connectivity index (χ0) is 28.7. The Morgan fingerprint density at radius 2 is 1.93 bits per heavy atom. The van der Waals surface area contributed by atoms with Gasteiger partial charge in [-0.15, -0.1) is 0 Å². The van der Waals surface area contributed by atoms with Crippen molar-refractivity contribution in [2.45, 2.75) is 12.7 Å². The molecule has 5 heterocycles. The molecular formula is C26H24ClF3N10O. The first-order valence-electron chi connectivity index (χ1n) is 12.7. The van der Waals surface area contributed by atoms with Crippen LogP contribution in [0.2, 0.25) is 5.02 Å². The fourth-order valence-electron chi connectivity index (χ4n) is 4.76. The summed E-state index contributed by atoms with van der Waals surface area (Å²) in [6, 6.07) is 6.65. The second-order valence-electron chi connectivity index (χ2n) is 9.54. The fraction of sp³-hybridized carbons (Fsp3) is 0.269. The van der Waals surface area contributed by atoms with E-state index in [0.717, 1.165) is 13.1 Å². The summed E-state index contributed by atoms with van der Waals surface area (Å²) in [5.74, 6) is 0.149. The van der Waals surface area contributed by atoms with E-state index < -0.39 is 11.9 Å². The molecule has 1 fully saturated rings. The highest BCUT2D eigenvalue weighted by atomic mass is 35.5. The molecule has 0 aliphatic carbocycles. The number of imidazole rings is 1. The molecule has 41 heavy (non-hydrogen) atoms. The zero-order valence-corrected chi connectivity index (χ0v) is 22.5. The van der Waals surface area contributed by atoms with Gasteiger partial charge in [-0.1, -0.05) is 11.6 Å². The van der Waals surface area contributed by atoms with Gasteiger partial charge in [-0.3, -0.25) is 18.6 Å². The quantitative estimate of drug-likeness (QED) is 0.312. The van der Waals surface area contributed by atoms with Crippen LogP contribution in [0.15, 0.2) is 55.2 Å². The van der Waals surface area contributed by atoms with Crippen LogP contribution in [0.3, 0.4) is 0 Å². The van der Waals surface area contributed by atoms with Crippen LogP contribution in [0.25, 0.3) is 16.9 Å². The van der Waals surface area contributed by atoms with Crippen LogP contribution in [0.4, 0.5) is 24.7 Å². The maximum atomic E-state index is 14.0. The van der Waals surface area contributed by atoms with E-state index in [4.69, 9.17) is 11.6 Å². The second kappa shape index (κ2) is 10.5. The molecule has 5 aromatic rings. The van der Waals surface area contributed by atoms with Gasteiger partial charge < -0.3 is 15.5 Å². The SMILES string of the molecule is Cn1ccc(Cn2cc(-c3cnc4c(Nc5ccc(C(=O)N6CCNCC6)c(Cl)c5)nccn34)c(C(F)(F)F)n2)n1. The van der Waals surface area contributed by atoms with E-state index >= 15 is 0 Å². The monoisotopic (exact) mass is 584 g/mol. The van der Waals surface area contributed by atoms with Gasteiger partial charge in [0.15, 0.2) is 17.2 Å². The van der Waals surface area contributed by atoms with E-state index in [2.05, 4.69) is 30.8 Å². The largest absolute Gasteiger partial charge is 0.435 e. The molecule has 0 unspecified atom stereocenters. The van der Waals surface area contributed by atoms with Gasteiger partial charge >= 0.3 is 6.18 Å². The normalized spacial score (nSPS) is 14.1. The molecule has 0 bridgehead atoms. The molecule has 6 rings (SSSR count). The predicted octanol–water partition coefficient (Wildman–Crippen LogP) is 3.84. The number of hydrogen-bond donors (Lipinski definition) is 2. The molecular weight excluding hydrogens is 561 g/mol. The molecule has 212 valence electrons. The molecule has 0 spiro atoms. The summed E-state index contributed by atoms with van der Waals surface area (Å²) < 4.78 is 46.3. The number of halogens is 4.